The number of halogens is 1. The monoisotopic (exact) mass is 350 g/mol. The summed E-state index contributed by atoms with van der Waals surface area (Å²) < 4.78 is 11.6. The molecule has 0 aliphatic carbocycles. The van der Waals surface area contributed by atoms with Gasteiger partial charge in [0.05, 0.1) is 18.7 Å². The second kappa shape index (κ2) is 7.31. The van der Waals surface area contributed by atoms with Crippen molar-refractivity contribution in [2.24, 2.45) is 0 Å². The van der Waals surface area contributed by atoms with Crippen LogP contribution in [-0.4, -0.2) is 25.7 Å². The van der Waals surface area contributed by atoms with Crippen LogP contribution in [0, 0.1) is 6.92 Å². The van der Waals surface area contributed by atoms with Gasteiger partial charge < -0.3 is 14.8 Å². The highest BCUT2D eigenvalue weighted by atomic mass is 79.9. The number of rotatable bonds is 6. The number of ether oxygens (including phenoxy) is 2. The van der Waals surface area contributed by atoms with E-state index >= 15 is 0 Å². The molecule has 0 radical (unpaired) electrons. The summed E-state index contributed by atoms with van der Waals surface area (Å²) in [6.45, 7) is 2.84. The molecule has 0 saturated heterocycles. The summed E-state index contributed by atoms with van der Waals surface area (Å²) >= 11 is 3.55. The van der Waals surface area contributed by atoms with Crippen molar-refractivity contribution in [1.82, 2.24) is 4.98 Å². The summed E-state index contributed by atoms with van der Waals surface area (Å²) in [5.74, 6) is 2.37. The summed E-state index contributed by atoms with van der Waals surface area (Å²) in [4.78, 5) is 4.33. The van der Waals surface area contributed by atoms with E-state index in [1.54, 1.807) is 20.4 Å². The van der Waals surface area contributed by atoms with Gasteiger partial charge in [-0.15, -0.1) is 0 Å². The molecule has 2 rings (SSSR count). The van der Waals surface area contributed by atoms with E-state index in [2.05, 4.69) is 26.2 Å². The number of anilines is 1. The molecule has 0 saturated carbocycles. The summed E-state index contributed by atoms with van der Waals surface area (Å²) in [5.41, 5.74) is 2.35. The Kier molecular flexibility index (Phi) is 5.44. The molecule has 21 heavy (non-hydrogen) atoms. The third-order valence-electron chi connectivity index (χ3n) is 3.24. The van der Waals surface area contributed by atoms with Crippen molar-refractivity contribution < 1.29 is 9.47 Å². The van der Waals surface area contributed by atoms with Crippen molar-refractivity contribution >= 4 is 21.7 Å². The fraction of sp³-hybridized carbons (Fsp3) is 0.312. The number of hydrogen-bond donors (Lipinski definition) is 1. The minimum Gasteiger partial charge on any atom is -0.493 e. The predicted octanol–water partition coefficient (Wildman–Crippen LogP) is 3.82. The van der Waals surface area contributed by atoms with Gasteiger partial charge in [0.1, 0.15) is 5.82 Å². The molecular formula is C16H19BrN2O2. The van der Waals surface area contributed by atoms with Gasteiger partial charge in [0, 0.05) is 12.7 Å². The van der Waals surface area contributed by atoms with Crippen LogP contribution in [0.2, 0.25) is 0 Å². The minimum absolute atomic E-state index is 0.748. The van der Waals surface area contributed by atoms with Crippen LogP contribution in [0.3, 0.4) is 0 Å². The van der Waals surface area contributed by atoms with Crippen molar-refractivity contribution in [1.29, 1.82) is 0 Å². The highest BCUT2D eigenvalue weighted by Crippen LogP contribution is 2.28. The molecule has 4 nitrogen and oxygen atoms in total. The topological polar surface area (TPSA) is 43.4 Å². The highest BCUT2D eigenvalue weighted by molar-refractivity contribution is 9.10. The normalized spacial score (nSPS) is 10.3. The predicted molar refractivity (Wildman–Crippen MR) is 88.4 cm³/mol. The van der Waals surface area contributed by atoms with E-state index in [9.17, 15) is 0 Å². The highest BCUT2D eigenvalue weighted by Gasteiger charge is 2.06. The smallest absolute Gasteiger partial charge is 0.160 e. The minimum atomic E-state index is 0.748. The van der Waals surface area contributed by atoms with Gasteiger partial charge in [-0.25, -0.2) is 4.98 Å². The van der Waals surface area contributed by atoms with Gasteiger partial charge in [0.15, 0.2) is 11.5 Å². The third kappa shape index (κ3) is 3.88. The zero-order valence-electron chi connectivity index (χ0n) is 12.4. The van der Waals surface area contributed by atoms with Crippen molar-refractivity contribution in [3.8, 4) is 11.5 Å². The zero-order chi connectivity index (χ0) is 15.2. The Labute approximate surface area is 133 Å². The fourth-order valence-corrected chi connectivity index (χ4v) is 2.40. The number of methoxy groups -OCH3 is 2. The van der Waals surface area contributed by atoms with Crippen molar-refractivity contribution in [2.45, 2.75) is 13.3 Å². The van der Waals surface area contributed by atoms with Crippen LogP contribution >= 0.6 is 15.9 Å². The number of aromatic nitrogens is 1. The van der Waals surface area contributed by atoms with E-state index in [0.717, 1.165) is 34.8 Å². The first-order valence-electron chi connectivity index (χ1n) is 6.71. The van der Waals surface area contributed by atoms with Gasteiger partial charge in [-0.05, 0) is 58.6 Å². The zero-order valence-corrected chi connectivity index (χ0v) is 14.0. The van der Waals surface area contributed by atoms with Crippen LogP contribution in [0.15, 0.2) is 34.9 Å². The molecule has 0 atom stereocenters. The maximum atomic E-state index is 5.31. The second-order valence-corrected chi connectivity index (χ2v) is 5.45. The molecule has 1 heterocycles. The van der Waals surface area contributed by atoms with Gasteiger partial charge in [0.2, 0.25) is 0 Å². The summed E-state index contributed by atoms with van der Waals surface area (Å²) in [7, 11) is 3.29. The Morgan fingerprint density at radius 3 is 2.62 bits per heavy atom. The Balaban J connectivity index is 1.99. The number of hydrogen-bond acceptors (Lipinski definition) is 4. The standard InChI is InChI=1S/C16H19BrN2O2/c1-11-6-8-18-16(15(11)17)19-9-7-12-4-5-13(20-2)14(10-12)21-3/h4-6,8,10H,7,9H2,1-3H3,(H,18,19). The van der Waals surface area contributed by atoms with Crippen molar-refractivity contribution in [2.75, 3.05) is 26.1 Å². The number of nitrogens with zero attached hydrogens (tertiary/aromatic N) is 1. The van der Waals surface area contributed by atoms with Crippen molar-refractivity contribution in [3.05, 3.63) is 46.1 Å². The molecule has 5 heteroatoms. The SMILES string of the molecule is COc1ccc(CCNc2nccc(C)c2Br)cc1OC. The lowest BCUT2D eigenvalue weighted by atomic mass is 10.1. The molecule has 0 aliphatic rings. The molecular weight excluding hydrogens is 332 g/mol. The van der Waals surface area contributed by atoms with Gasteiger partial charge >= 0.3 is 0 Å². The molecule has 0 fully saturated rings. The molecule has 0 bridgehead atoms. The fourth-order valence-electron chi connectivity index (χ4n) is 2.02. The Hall–Kier alpha value is -1.75. The van der Waals surface area contributed by atoms with Gasteiger partial charge in [-0.3, -0.25) is 0 Å². The van der Waals surface area contributed by atoms with Crippen LogP contribution in [0.4, 0.5) is 5.82 Å². The van der Waals surface area contributed by atoms with E-state index in [0.29, 0.717) is 0 Å². The number of benzene rings is 1. The summed E-state index contributed by atoms with van der Waals surface area (Å²) in [6, 6.07) is 7.94. The van der Waals surface area contributed by atoms with E-state index in [4.69, 9.17) is 9.47 Å². The lowest BCUT2D eigenvalue weighted by Crippen LogP contribution is -2.07. The van der Waals surface area contributed by atoms with Crippen LogP contribution in [-0.2, 0) is 6.42 Å². The molecule has 0 spiro atoms. The molecule has 0 unspecified atom stereocenters. The first-order valence-corrected chi connectivity index (χ1v) is 7.51. The largest absolute Gasteiger partial charge is 0.493 e. The maximum Gasteiger partial charge on any atom is 0.160 e. The van der Waals surface area contributed by atoms with Crippen LogP contribution in [0.5, 0.6) is 11.5 Å². The molecule has 1 N–H and O–H groups in total. The average Bonchev–Trinajstić information content (AvgIpc) is 2.51. The molecule has 2 aromatic rings. The third-order valence-corrected chi connectivity index (χ3v) is 4.24. The Bertz CT molecular complexity index is 617. The van der Waals surface area contributed by atoms with E-state index < -0.39 is 0 Å². The first-order chi connectivity index (χ1) is 10.2. The second-order valence-electron chi connectivity index (χ2n) is 4.66. The number of pyridine rings is 1. The Morgan fingerprint density at radius 2 is 1.90 bits per heavy atom. The van der Waals surface area contributed by atoms with Crippen LogP contribution < -0.4 is 14.8 Å². The van der Waals surface area contributed by atoms with E-state index in [-0.39, 0.29) is 0 Å². The molecule has 0 aliphatic heterocycles. The molecule has 0 amide bonds. The van der Waals surface area contributed by atoms with E-state index in [1.165, 1.54) is 11.1 Å². The van der Waals surface area contributed by atoms with Crippen LogP contribution in [0.1, 0.15) is 11.1 Å². The van der Waals surface area contributed by atoms with E-state index in [1.807, 2.05) is 31.2 Å². The summed E-state index contributed by atoms with van der Waals surface area (Å²) in [5, 5.41) is 3.34. The number of nitrogens with one attached hydrogen (secondary N) is 1. The quantitative estimate of drug-likeness (QED) is 0.859. The molecule has 112 valence electrons. The van der Waals surface area contributed by atoms with Crippen LogP contribution in [0.25, 0.3) is 0 Å². The van der Waals surface area contributed by atoms with Gasteiger partial charge in [-0.2, -0.15) is 0 Å². The average molecular weight is 351 g/mol. The molecule has 1 aromatic carbocycles. The maximum absolute atomic E-state index is 5.31. The van der Waals surface area contributed by atoms with Gasteiger partial charge in [0.25, 0.3) is 0 Å². The number of aryl methyl sites for hydroxylation is 1. The Morgan fingerprint density at radius 1 is 1.14 bits per heavy atom. The van der Waals surface area contributed by atoms with Crippen molar-refractivity contribution in [3.63, 3.8) is 0 Å². The molecule has 1 aromatic heterocycles. The summed E-state index contributed by atoms with van der Waals surface area (Å²) in [6.07, 6.45) is 2.68. The lowest BCUT2D eigenvalue weighted by Gasteiger charge is -2.11. The lowest BCUT2D eigenvalue weighted by molar-refractivity contribution is 0.354. The van der Waals surface area contributed by atoms with Gasteiger partial charge in [-0.1, -0.05) is 6.07 Å². The first kappa shape index (κ1) is 15.6.